The summed E-state index contributed by atoms with van der Waals surface area (Å²) < 4.78 is 11.6. The Bertz CT molecular complexity index is 23.7. The average molecular weight is 224 g/mol. The van der Waals surface area contributed by atoms with Gasteiger partial charge in [-0.1, -0.05) is 0 Å². The molecule has 0 aliphatic rings. The van der Waals surface area contributed by atoms with E-state index in [0.29, 0.717) is 0 Å². The molecule has 0 aromatic rings. The fourth-order valence-corrected chi connectivity index (χ4v) is 0. The van der Waals surface area contributed by atoms with Crippen LogP contribution in [0.2, 0.25) is 0 Å². The smallest absolute Gasteiger partial charge is 0.324 e. The molecule has 0 unspecified atom stereocenters. The van der Waals surface area contributed by atoms with E-state index < -0.39 is 9.65 Å². The van der Waals surface area contributed by atoms with Gasteiger partial charge < -0.3 is 9.04 Å². The quantitative estimate of drug-likeness (QED) is 0.357. The van der Waals surface area contributed by atoms with Gasteiger partial charge in [0.05, 0.1) is 0 Å². The van der Waals surface area contributed by atoms with Gasteiger partial charge in [-0.3, -0.25) is 5.48 Å². The van der Waals surface area contributed by atoms with Crippen LogP contribution in [0.3, 0.4) is 0 Å². The molecule has 7 heteroatoms. The molecule has 0 fully saturated rings. The summed E-state index contributed by atoms with van der Waals surface area (Å²) >= 11 is 0. The average Bonchev–Trinajstić information content (AvgIpc) is 1.37. The Hall–Kier alpha value is 0.984. The second kappa shape index (κ2) is 28.1. The molecule has 0 aliphatic carbocycles. The molecule has 33 valence electrons. The Labute approximate surface area is 68.4 Å². The molecule has 7 heavy (non-hydrogen) atoms. The van der Waals surface area contributed by atoms with Gasteiger partial charge in [-0.15, -0.1) is 0 Å². The van der Waals surface area contributed by atoms with E-state index in [9.17, 15) is 0 Å². The third-order valence-electron chi connectivity index (χ3n) is 0.0340. The molecule has 0 amide bonds. The molecule has 0 aliphatic heterocycles. The Morgan fingerprint density at radius 2 is 1.43 bits per heavy atom. The van der Waals surface area contributed by atoms with Gasteiger partial charge in [0.25, 0.3) is 0 Å². The van der Waals surface area contributed by atoms with Gasteiger partial charge in [-0.25, -0.2) is 0 Å². The Morgan fingerprint density at radius 3 is 1.43 bits per heavy atom. The zero-order valence-electron chi connectivity index (χ0n) is 3.59. The van der Waals surface area contributed by atoms with Gasteiger partial charge in [-0.2, -0.15) is 0 Å². The summed E-state index contributed by atoms with van der Waals surface area (Å²) in [5.74, 6) is 0. The number of hydrogen-bond donors (Lipinski definition) is 1. The third-order valence-corrected chi connectivity index (χ3v) is 0.102. The van der Waals surface area contributed by atoms with Crippen LogP contribution >= 0.6 is 0 Å². The summed E-state index contributed by atoms with van der Waals surface area (Å²) in [6.45, 7) is 0. The molecule has 0 atom stereocenters. The predicted octanol–water partition coefficient (Wildman–Crippen LogP) is -0.869. The van der Waals surface area contributed by atoms with E-state index in [4.69, 9.17) is 9.72 Å². The van der Waals surface area contributed by atoms with Gasteiger partial charge in [0.15, 0.2) is 0 Å². The fraction of sp³-hybridized carbons (Fsp3) is 0. The fourth-order valence-electron chi connectivity index (χ4n) is 0. The minimum atomic E-state index is -1.17. The minimum Gasteiger partial charge on any atom is -0.324 e. The van der Waals surface area contributed by atoms with Crippen LogP contribution in [0, 0.1) is 0 Å². The molecule has 0 saturated heterocycles. The number of hydrogen-bond acceptors (Lipinski definition) is 2. The van der Waals surface area contributed by atoms with Crippen LogP contribution in [0.5, 0.6) is 0 Å². The molecule has 0 heterocycles. The summed E-state index contributed by atoms with van der Waals surface area (Å²) in [5, 5.41) is 8.50. The molecule has 0 aromatic heterocycles. The van der Waals surface area contributed by atoms with Crippen LogP contribution in [-0.4, -0.2) is 15.1 Å². The molecule has 3 radical (unpaired) electrons. The van der Waals surface area contributed by atoms with E-state index >= 15 is 0 Å². The molecule has 1 N–H and O–H groups in total. The van der Waals surface area contributed by atoms with Crippen molar-refractivity contribution in [3.05, 3.63) is 0 Å². The zero-order valence-corrected chi connectivity index (χ0v) is 10.5. The molecule has 0 spiro atoms. The van der Waals surface area contributed by atoms with E-state index in [-0.39, 0.29) is 44.4 Å². The topological polar surface area (TPSA) is 76.2 Å². The maximum absolute atomic E-state index is 8.79. The SMILES string of the molecule is [OH].[O]O[Si]=O.[Zn].[Zn]. The van der Waals surface area contributed by atoms with Crippen LogP contribution in [-0.2, 0) is 53.3 Å². The first-order valence-electron chi connectivity index (χ1n) is 0.575. The van der Waals surface area contributed by atoms with Crippen molar-refractivity contribution in [1.82, 2.24) is 0 Å². The molecule has 0 rings (SSSR count). The largest absolute Gasteiger partial charge is 0.632 e. The van der Waals surface area contributed by atoms with Crippen molar-refractivity contribution in [3.8, 4) is 0 Å². The third kappa shape index (κ3) is 44.1. The standard InChI is InChI=1S/O3Si.HO.2Zn/c1-3-4-2;;;/h;1H;;. The van der Waals surface area contributed by atoms with Crippen LogP contribution in [0.1, 0.15) is 0 Å². The Kier molecular flexibility index (Phi) is 98.5. The van der Waals surface area contributed by atoms with Gasteiger partial charge in [0.2, 0.25) is 0 Å². The van der Waals surface area contributed by atoms with E-state index in [1.807, 2.05) is 0 Å². The zero-order chi connectivity index (χ0) is 3.41. The van der Waals surface area contributed by atoms with Crippen molar-refractivity contribution in [2.75, 3.05) is 0 Å². The summed E-state index contributed by atoms with van der Waals surface area (Å²) in [7, 11) is -1.17. The first kappa shape index (κ1) is 24.5. The molecule has 0 aromatic carbocycles. The first-order valence-corrected chi connectivity index (χ1v) is 1.39. The van der Waals surface area contributed by atoms with Crippen molar-refractivity contribution >= 4 is 9.65 Å². The van der Waals surface area contributed by atoms with Crippen LogP contribution in [0.15, 0.2) is 0 Å². The first-order chi connectivity index (χ1) is 1.91. The summed E-state index contributed by atoms with van der Waals surface area (Å²) in [6.07, 6.45) is 0. The van der Waals surface area contributed by atoms with Crippen LogP contribution in [0.25, 0.3) is 0 Å². The normalized spacial score (nSPS) is 3.00. The van der Waals surface area contributed by atoms with E-state index in [1.54, 1.807) is 0 Å². The second-order valence-corrected chi connectivity index (χ2v) is 0.500. The van der Waals surface area contributed by atoms with Crippen LogP contribution in [0.4, 0.5) is 0 Å². The van der Waals surface area contributed by atoms with Crippen molar-refractivity contribution in [2.24, 2.45) is 0 Å². The van der Waals surface area contributed by atoms with Crippen molar-refractivity contribution in [2.45, 2.75) is 0 Å². The predicted molar refractivity (Wildman–Crippen MR) is 10.1 cm³/mol. The van der Waals surface area contributed by atoms with Crippen molar-refractivity contribution < 1.29 is 58.7 Å². The van der Waals surface area contributed by atoms with Crippen molar-refractivity contribution in [3.63, 3.8) is 0 Å². The molecular formula is HO4SiZn2. The Balaban J connectivity index is -0.0000000150. The number of rotatable bonds is 1. The molecular weight excluding hydrogens is 223 g/mol. The summed E-state index contributed by atoms with van der Waals surface area (Å²) in [6, 6.07) is 0. The second-order valence-electron chi connectivity index (χ2n) is 0.167. The van der Waals surface area contributed by atoms with Gasteiger partial charge >= 0.3 is 9.65 Å². The maximum Gasteiger partial charge on any atom is 0.632 e. The van der Waals surface area contributed by atoms with E-state index in [0.717, 1.165) is 0 Å². The van der Waals surface area contributed by atoms with E-state index in [1.165, 1.54) is 0 Å². The van der Waals surface area contributed by atoms with Gasteiger partial charge in [0, 0.05) is 44.2 Å². The summed E-state index contributed by atoms with van der Waals surface area (Å²) in [5.41, 5.74) is 0. The molecule has 4 nitrogen and oxygen atoms in total. The van der Waals surface area contributed by atoms with Gasteiger partial charge in [0.1, 0.15) is 0 Å². The van der Waals surface area contributed by atoms with E-state index in [2.05, 4.69) is 4.58 Å². The maximum atomic E-state index is 8.79. The van der Waals surface area contributed by atoms with Gasteiger partial charge in [-0.05, 0) is 0 Å². The monoisotopic (exact) mass is 221 g/mol. The Morgan fingerprint density at radius 1 is 1.29 bits per heavy atom. The van der Waals surface area contributed by atoms with Crippen LogP contribution < -0.4 is 0 Å². The van der Waals surface area contributed by atoms with Crippen molar-refractivity contribution in [1.29, 1.82) is 0 Å². The summed E-state index contributed by atoms with van der Waals surface area (Å²) in [4.78, 5) is 0. The minimum absolute atomic E-state index is 0. The molecule has 0 bridgehead atoms. The molecule has 0 saturated carbocycles.